The van der Waals surface area contributed by atoms with Crippen molar-refractivity contribution in [2.45, 2.75) is 6.92 Å². The Hall–Kier alpha value is -2.89. The van der Waals surface area contributed by atoms with Crippen LogP contribution in [0.2, 0.25) is 0 Å². The first-order chi connectivity index (χ1) is 10.8. The lowest BCUT2D eigenvalue weighted by molar-refractivity contribution is 0.0826. The average molecular weight is 313 g/mol. The van der Waals surface area contributed by atoms with E-state index in [2.05, 4.69) is 5.32 Å². The van der Waals surface area contributed by atoms with Crippen molar-refractivity contribution < 1.29 is 9.59 Å². The normalized spacial score (nSPS) is 10.3. The maximum absolute atomic E-state index is 12.3. The molecule has 0 radical (unpaired) electrons. The van der Waals surface area contributed by atoms with Gasteiger partial charge in [-0.2, -0.15) is 0 Å². The van der Waals surface area contributed by atoms with Gasteiger partial charge in [0.25, 0.3) is 11.8 Å². The Balaban J connectivity index is 2.31. The molecule has 6 heteroatoms. The molecule has 0 fully saturated rings. The van der Waals surface area contributed by atoms with Crippen molar-refractivity contribution in [1.82, 2.24) is 9.47 Å². The largest absolute Gasteiger partial charge is 0.345 e. The molecule has 1 heterocycles. The van der Waals surface area contributed by atoms with Gasteiger partial charge in [-0.3, -0.25) is 14.4 Å². The summed E-state index contributed by atoms with van der Waals surface area (Å²) in [6.45, 7) is 1.78. The third-order valence-electron chi connectivity index (χ3n) is 3.57. The minimum Gasteiger partial charge on any atom is -0.345 e. The summed E-state index contributed by atoms with van der Waals surface area (Å²) in [6.07, 6.45) is 1.47. The number of carbonyl (C=O) groups is 2. The van der Waals surface area contributed by atoms with Crippen molar-refractivity contribution in [1.29, 1.82) is 0 Å². The first kappa shape index (κ1) is 16.5. The van der Waals surface area contributed by atoms with Gasteiger partial charge in [0.1, 0.15) is 0 Å². The summed E-state index contributed by atoms with van der Waals surface area (Å²) >= 11 is 0. The van der Waals surface area contributed by atoms with E-state index in [0.29, 0.717) is 22.4 Å². The highest BCUT2D eigenvalue weighted by Gasteiger charge is 2.15. The Labute approximate surface area is 134 Å². The number of anilines is 1. The Kier molecular flexibility index (Phi) is 4.64. The fourth-order valence-corrected chi connectivity index (χ4v) is 2.17. The molecule has 0 atom stereocenters. The summed E-state index contributed by atoms with van der Waals surface area (Å²) in [6, 6.07) is 8.00. The maximum atomic E-state index is 12.3. The van der Waals surface area contributed by atoms with E-state index in [-0.39, 0.29) is 17.4 Å². The van der Waals surface area contributed by atoms with Gasteiger partial charge in [0.15, 0.2) is 0 Å². The fraction of sp³-hybridized carbons (Fsp3) is 0.235. The summed E-state index contributed by atoms with van der Waals surface area (Å²) < 4.78 is 1.34. The van der Waals surface area contributed by atoms with Gasteiger partial charge in [-0.1, -0.05) is 6.07 Å². The van der Waals surface area contributed by atoms with Gasteiger partial charge in [-0.05, 0) is 30.7 Å². The molecule has 0 spiro atoms. The molecule has 1 aromatic carbocycles. The van der Waals surface area contributed by atoms with Crippen LogP contribution in [0.1, 0.15) is 26.3 Å². The summed E-state index contributed by atoms with van der Waals surface area (Å²) in [5.74, 6) is -0.459. The van der Waals surface area contributed by atoms with Gasteiger partial charge < -0.3 is 14.8 Å². The number of pyridine rings is 1. The van der Waals surface area contributed by atoms with Gasteiger partial charge in [-0.25, -0.2) is 0 Å². The molecule has 2 amide bonds. The van der Waals surface area contributed by atoms with Crippen molar-refractivity contribution in [3.8, 4) is 0 Å². The minimum absolute atomic E-state index is 0.124. The van der Waals surface area contributed by atoms with Crippen molar-refractivity contribution in [3.63, 3.8) is 0 Å². The van der Waals surface area contributed by atoms with Crippen LogP contribution in [0.25, 0.3) is 0 Å². The van der Waals surface area contributed by atoms with Crippen LogP contribution in [0.5, 0.6) is 0 Å². The van der Waals surface area contributed by atoms with E-state index in [4.69, 9.17) is 0 Å². The zero-order chi connectivity index (χ0) is 17.1. The molecule has 0 bridgehead atoms. The monoisotopic (exact) mass is 313 g/mol. The molecule has 23 heavy (non-hydrogen) atoms. The van der Waals surface area contributed by atoms with Crippen molar-refractivity contribution >= 4 is 17.5 Å². The maximum Gasteiger partial charge on any atom is 0.257 e. The van der Waals surface area contributed by atoms with Crippen LogP contribution >= 0.6 is 0 Å². The van der Waals surface area contributed by atoms with E-state index in [1.165, 1.54) is 27.8 Å². The first-order valence-electron chi connectivity index (χ1n) is 7.10. The molecular formula is C17H19N3O3. The zero-order valence-corrected chi connectivity index (χ0v) is 13.6. The van der Waals surface area contributed by atoms with Crippen LogP contribution in [-0.4, -0.2) is 35.4 Å². The number of amides is 2. The molecule has 6 nitrogen and oxygen atoms in total. The first-order valence-corrected chi connectivity index (χ1v) is 7.10. The molecule has 1 aromatic heterocycles. The van der Waals surface area contributed by atoms with Gasteiger partial charge in [-0.15, -0.1) is 0 Å². The van der Waals surface area contributed by atoms with E-state index in [0.717, 1.165) is 0 Å². The second-order valence-electron chi connectivity index (χ2n) is 5.50. The van der Waals surface area contributed by atoms with Crippen LogP contribution in [0, 0.1) is 6.92 Å². The Morgan fingerprint density at radius 1 is 1.13 bits per heavy atom. The SMILES string of the molecule is Cc1c(NC(=O)c2ccc(=O)n(C)c2)cccc1C(=O)N(C)C. The molecule has 1 N–H and O–H groups in total. The highest BCUT2D eigenvalue weighted by atomic mass is 16.2. The summed E-state index contributed by atoms with van der Waals surface area (Å²) in [5, 5.41) is 2.78. The summed E-state index contributed by atoms with van der Waals surface area (Å²) in [7, 11) is 4.94. The molecule has 0 unspecified atom stereocenters. The van der Waals surface area contributed by atoms with Crippen molar-refractivity contribution in [2.75, 3.05) is 19.4 Å². The second kappa shape index (κ2) is 6.48. The fourth-order valence-electron chi connectivity index (χ4n) is 2.17. The molecule has 0 saturated carbocycles. The van der Waals surface area contributed by atoms with Gasteiger partial charge in [0.05, 0.1) is 5.56 Å². The van der Waals surface area contributed by atoms with E-state index in [1.807, 2.05) is 0 Å². The number of hydrogen-bond donors (Lipinski definition) is 1. The van der Waals surface area contributed by atoms with Gasteiger partial charge in [0.2, 0.25) is 5.56 Å². The number of nitrogens with one attached hydrogen (secondary N) is 1. The molecule has 120 valence electrons. The van der Waals surface area contributed by atoms with E-state index in [1.54, 1.807) is 46.3 Å². The lowest BCUT2D eigenvalue weighted by Gasteiger charge is -2.15. The van der Waals surface area contributed by atoms with E-state index < -0.39 is 0 Å². The number of carbonyl (C=O) groups excluding carboxylic acids is 2. The predicted octanol–water partition coefficient (Wildman–Crippen LogP) is 1.65. The second-order valence-corrected chi connectivity index (χ2v) is 5.50. The summed E-state index contributed by atoms with van der Waals surface area (Å²) in [4.78, 5) is 37.3. The van der Waals surface area contributed by atoms with Crippen molar-refractivity contribution in [3.05, 3.63) is 63.6 Å². The quantitative estimate of drug-likeness (QED) is 0.936. The molecule has 0 saturated heterocycles. The Morgan fingerprint density at radius 3 is 2.43 bits per heavy atom. The number of rotatable bonds is 3. The molecule has 2 aromatic rings. The predicted molar refractivity (Wildman–Crippen MR) is 88.8 cm³/mol. The van der Waals surface area contributed by atoms with E-state index >= 15 is 0 Å². The van der Waals surface area contributed by atoms with Crippen LogP contribution in [-0.2, 0) is 7.05 Å². The zero-order valence-electron chi connectivity index (χ0n) is 13.6. The van der Waals surface area contributed by atoms with Gasteiger partial charge >= 0.3 is 0 Å². The lowest BCUT2D eigenvalue weighted by atomic mass is 10.1. The average Bonchev–Trinajstić information content (AvgIpc) is 2.51. The van der Waals surface area contributed by atoms with Gasteiger partial charge in [0, 0.05) is 44.7 Å². The Morgan fingerprint density at radius 2 is 1.83 bits per heavy atom. The molecular weight excluding hydrogens is 294 g/mol. The number of nitrogens with zero attached hydrogens (tertiary/aromatic N) is 2. The van der Waals surface area contributed by atoms with Crippen LogP contribution < -0.4 is 10.9 Å². The van der Waals surface area contributed by atoms with E-state index in [9.17, 15) is 14.4 Å². The Bertz CT molecular complexity index is 822. The number of benzene rings is 1. The third kappa shape index (κ3) is 3.48. The van der Waals surface area contributed by atoms with Crippen molar-refractivity contribution in [2.24, 2.45) is 7.05 Å². The lowest BCUT2D eigenvalue weighted by Crippen LogP contribution is -2.23. The highest BCUT2D eigenvalue weighted by molar-refractivity contribution is 6.05. The number of hydrogen-bond acceptors (Lipinski definition) is 3. The number of aromatic nitrogens is 1. The molecule has 0 aliphatic heterocycles. The van der Waals surface area contributed by atoms with Crippen LogP contribution in [0.3, 0.4) is 0 Å². The number of aryl methyl sites for hydroxylation is 1. The minimum atomic E-state index is -0.335. The molecule has 0 aliphatic carbocycles. The summed E-state index contributed by atoms with van der Waals surface area (Å²) in [5.41, 5.74) is 1.99. The standard InChI is InChI=1S/C17H19N3O3/c1-11-13(17(23)19(2)3)6-5-7-14(11)18-16(22)12-8-9-15(21)20(4)10-12/h5-10H,1-4H3,(H,18,22). The third-order valence-corrected chi connectivity index (χ3v) is 3.57. The highest BCUT2D eigenvalue weighted by Crippen LogP contribution is 2.20. The topological polar surface area (TPSA) is 71.4 Å². The van der Waals surface area contributed by atoms with Crippen LogP contribution in [0.15, 0.2) is 41.3 Å². The van der Waals surface area contributed by atoms with Crippen LogP contribution in [0.4, 0.5) is 5.69 Å². The molecule has 2 rings (SSSR count). The molecule has 0 aliphatic rings. The smallest absolute Gasteiger partial charge is 0.257 e.